The lowest BCUT2D eigenvalue weighted by Crippen LogP contribution is -1.84. The molecule has 0 spiro atoms. The highest BCUT2D eigenvalue weighted by atomic mass is 16.3. The molecular formula is C14H14O2. The van der Waals surface area contributed by atoms with E-state index in [-0.39, 0.29) is 11.5 Å². The van der Waals surface area contributed by atoms with Gasteiger partial charge in [0.25, 0.3) is 0 Å². The fourth-order valence-electron chi connectivity index (χ4n) is 1.77. The molecule has 0 bridgehead atoms. The molecule has 0 aromatic heterocycles. The fraction of sp³-hybridized carbons (Fsp3) is 0.143. The normalized spacial score (nSPS) is 10.3. The lowest BCUT2D eigenvalue weighted by Gasteiger charge is -2.08. The van der Waals surface area contributed by atoms with E-state index in [1.54, 1.807) is 18.2 Å². The monoisotopic (exact) mass is 214 g/mol. The second-order valence-corrected chi connectivity index (χ2v) is 3.73. The minimum absolute atomic E-state index is 0.105. The van der Waals surface area contributed by atoms with Crippen molar-refractivity contribution in [1.29, 1.82) is 0 Å². The molecule has 2 rings (SSSR count). The van der Waals surface area contributed by atoms with E-state index < -0.39 is 0 Å². The average molecular weight is 214 g/mol. The van der Waals surface area contributed by atoms with Crippen LogP contribution in [0.1, 0.15) is 12.5 Å². The summed E-state index contributed by atoms with van der Waals surface area (Å²) in [5, 5.41) is 19.5. The van der Waals surface area contributed by atoms with E-state index in [0.29, 0.717) is 5.56 Å². The number of hydrogen-bond donors (Lipinski definition) is 2. The van der Waals surface area contributed by atoms with Gasteiger partial charge in [0, 0.05) is 0 Å². The first-order chi connectivity index (χ1) is 7.72. The van der Waals surface area contributed by atoms with Crippen LogP contribution in [0.15, 0.2) is 42.5 Å². The van der Waals surface area contributed by atoms with Crippen molar-refractivity contribution < 1.29 is 10.2 Å². The van der Waals surface area contributed by atoms with Crippen LogP contribution >= 0.6 is 0 Å². The first kappa shape index (κ1) is 10.6. The van der Waals surface area contributed by atoms with Crippen molar-refractivity contribution in [1.82, 2.24) is 0 Å². The van der Waals surface area contributed by atoms with Gasteiger partial charge in [-0.2, -0.15) is 0 Å². The van der Waals surface area contributed by atoms with Gasteiger partial charge in [0.05, 0.1) is 5.56 Å². The number of aromatic hydroxyl groups is 2. The molecule has 2 aromatic carbocycles. The molecule has 0 saturated carbocycles. The third-order valence-electron chi connectivity index (χ3n) is 2.64. The zero-order chi connectivity index (χ0) is 11.5. The average Bonchev–Trinajstić information content (AvgIpc) is 2.29. The van der Waals surface area contributed by atoms with E-state index in [1.807, 2.05) is 24.3 Å². The van der Waals surface area contributed by atoms with Gasteiger partial charge in [-0.25, -0.2) is 0 Å². The van der Waals surface area contributed by atoms with Gasteiger partial charge in [0.1, 0.15) is 11.5 Å². The van der Waals surface area contributed by atoms with Crippen molar-refractivity contribution in [3.63, 3.8) is 0 Å². The number of phenols is 2. The van der Waals surface area contributed by atoms with Crippen molar-refractivity contribution in [2.24, 2.45) is 0 Å². The van der Waals surface area contributed by atoms with Crippen LogP contribution in [-0.4, -0.2) is 10.2 Å². The van der Waals surface area contributed by atoms with E-state index >= 15 is 0 Å². The Morgan fingerprint density at radius 2 is 1.56 bits per heavy atom. The molecule has 0 atom stereocenters. The van der Waals surface area contributed by atoms with Gasteiger partial charge in [-0.05, 0) is 29.7 Å². The number of hydrogen-bond acceptors (Lipinski definition) is 2. The Balaban J connectivity index is 2.58. The minimum Gasteiger partial charge on any atom is -0.507 e. The van der Waals surface area contributed by atoms with Crippen LogP contribution in [0, 0.1) is 0 Å². The van der Waals surface area contributed by atoms with Gasteiger partial charge in [0.15, 0.2) is 0 Å². The maximum Gasteiger partial charge on any atom is 0.127 e. The maximum atomic E-state index is 9.75. The highest BCUT2D eigenvalue weighted by Crippen LogP contribution is 2.36. The maximum absolute atomic E-state index is 9.75. The van der Waals surface area contributed by atoms with Crippen LogP contribution in [0.3, 0.4) is 0 Å². The summed E-state index contributed by atoms with van der Waals surface area (Å²) in [6, 6.07) is 12.6. The summed E-state index contributed by atoms with van der Waals surface area (Å²) in [5.41, 5.74) is 2.52. The predicted octanol–water partition coefficient (Wildman–Crippen LogP) is 3.33. The molecule has 0 aliphatic heterocycles. The van der Waals surface area contributed by atoms with Gasteiger partial charge < -0.3 is 10.2 Å². The SMILES string of the molecule is CCc1cccc(-c2c(O)cccc2O)c1. The molecule has 0 unspecified atom stereocenters. The number of aryl methyl sites for hydroxylation is 1. The van der Waals surface area contributed by atoms with E-state index in [1.165, 1.54) is 5.56 Å². The molecular weight excluding hydrogens is 200 g/mol. The van der Waals surface area contributed by atoms with Crippen LogP contribution in [-0.2, 0) is 6.42 Å². The third kappa shape index (κ3) is 1.87. The van der Waals surface area contributed by atoms with Gasteiger partial charge in [-0.3, -0.25) is 0 Å². The first-order valence-electron chi connectivity index (χ1n) is 5.32. The standard InChI is InChI=1S/C14H14O2/c1-2-10-5-3-6-11(9-10)14-12(15)7-4-8-13(14)16/h3-9,15-16H,2H2,1H3. The Labute approximate surface area is 94.8 Å². The van der Waals surface area contributed by atoms with Crippen LogP contribution in [0.5, 0.6) is 11.5 Å². The van der Waals surface area contributed by atoms with Gasteiger partial charge in [0.2, 0.25) is 0 Å². The molecule has 2 heteroatoms. The summed E-state index contributed by atoms with van der Waals surface area (Å²) in [5.74, 6) is 0.210. The topological polar surface area (TPSA) is 40.5 Å². The first-order valence-corrected chi connectivity index (χ1v) is 5.32. The van der Waals surface area contributed by atoms with Gasteiger partial charge in [-0.15, -0.1) is 0 Å². The van der Waals surface area contributed by atoms with Crippen molar-refractivity contribution in [2.75, 3.05) is 0 Å². The highest BCUT2D eigenvalue weighted by molar-refractivity contribution is 5.76. The summed E-state index contributed by atoms with van der Waals surface area (Å²) in [6.45, 7) is 2.07. The van der Waals surface area contributed by atoms with Crippen LogP contribution in [0.25, 0.3) is 11.1 Å². The summed E-state index contributed by atoms with van der Waals surface area (Å²) >= 11 is 0. The lowest BCUT2D eigenvalue weighted by molar-refractivity contribution is 0.454. The van der Waals surface area contributed by atoms with Gasteiger partial charge in [-0.1, -0.05) is 37.3 Å². The van der Waals surface area contributed by atoms with E-state index in [9.17, 15) is 10.2 Å². The zero-order valence-electron chi connectivity index (χ0n) is 9.14. The fourth-order valence-corrected chi connectivity index (χ4v) is 1.77. The number of benzene rings is 2. The van der Waals surface area contributed by atoms with Crippen LogP contribution in [0.4, 0.5) is 0 Å². The lowest BCUT2D eigenvalue weighted by atomic mass is 10.0. The Kier molecular flexibility index (Phi) is 2.82. The summed E-state index contributed by atoms with van der Waals surface area (Å²) < 4.78 is 0. The molecule has 0 amide bonds. The Morgan fingerprint density at radius 3 is 2.19 bits per heavy atom. The van der Waals surface area contributed by atoms with Crippen molar-refractivity contribution in [2.45, 2.75) is 13.3 Å². The van der Waals surface area contributed by atoms with Crippen molar-refractivity contribution in [3.05, 3.63) is 48.0 Å². The van der Waals surface area contributed by atoms with Crippen molar-refractivity contribution in [3.8, 4) is 22.6 Å². The van der Waals surface area contributed by atoms with Gasteiger partial charge >= 0.3 is 0 Å². The largest absolute Gasteiger partial charge is 0.507 e. The second kappa shape index (κ2) is 4.27. The molecule has 0 aliphatic carbocycles. The zero-order valence-corrected chi connectivity index (χ0v) is 9.14. The van der Waals surface area contributed by atoms with Crippen LogP contribution in [0.2, 0.25) is 0 Å². The Morgan fingerprint density at radius 1 is 0.938 bits per heavy atom. The Hall–Kier alpha value is -1.96. The molecule has 82 valence electrons. The molecule has 2 N–H and O–H groups in total. The highest BCUT2D eigenvalue weighted by Gasteiger charge is 2.09. The van der Waals surface area contributed by atoms with E-state index in [0.717, 1.165) is 12.0 Å². The molecule has 0 fully saturated rings. The molecule has 0 radical (unpaired) electrons. The Bertz CT molecular complexity index is 484. The number of phenolic OH excluding ortho intramolecular Hbond substituents is 2. The smallest absolute Gasteiger partial charge is 0.127 e. The summed E-state index contributed by atoms with van der Waals surface area (Å²) in [6.07, 6.45) is 0.933. The number of rotatable bonds is 2. The van der Waals surface area contributed by atoms with E-state index in [2.05, 4.69) is 6.92 Å². The minimum atomic E-state index is 0.105. The quantitative estimate of drug-likeness (QED) is 0.805. The van der Waals surface area contributed by atoms with E-state index in [4.69, 9.17) is 0 Å². The summed E-state index contributed by atoms with van der Waals surface area (Å²) in [7, 11) is 0. The predicted molar refractivity (Wildman–Crippen MR) is 64.6 cm³/mol. The molecule has 2 nitrogen and oxygen atoms in total. The molecule has 0 saturated heterocycles. The summed E-state index contributed by atoms with van der Waals surface area (Å²) in [4.78, 5) is 0. The molecule has 2 aromatic rings. The van der Waals surface area contributed by atoms with Crippen LogP contribution < -0.4 is 0 Å². The second-order valence-electron chi connectivity index (χ2n) is 3.73. The van der Waals surface area contributed by atoms with Crippen molar-refractivity contribution >= 4 is 0 Å². The molecule has 0 heterocycles. The molecule has 16 heavy (non-hydrogen) atoms. The molecule has 0 aliphatic rings. The third-order valence-corrected chi connectivity index (χ3v) is 2.64.